The molecule has 0 aliphatic rings. The van der Waals surface area contributed by atoms with E-state index in [1.165, 1.54) is 0 Å². The first-order valence-corrected chi connectivity index (χ1v) is 9.90. The van der Waals surface area contributed by atoms with E-state index < -0.39 is 5.91 Å². The predicted molar refractivity (Wildman–Crippen MR) is 114 cm³/mol. The number of aromatic nitrogens is 2. The fraction of sp³-hybridized carbons (Fsp3) is 0.227. The van der Waals surface area contributed by atoms with E-state index in [0.717, 1.165) is 5.56 Å². The summed E-state index contributed by atoms with van der Waals surface area (Å²) >= 11 is 6.09. The largest absolute Gasteiger partial charge is 0.490 e. The van der Waals surface area contributed by atoms with Gasteiger partial charge in [-0.25, -0.2) is 9.97 Å². The lowest BCUT2D eigenvalue weighted by Gasteiger charge is -2.11. The minimum atomic E-state index is -0.396. The zero-order valence-electron chi connectivity index (χ0n) is 16.7. The van der Waals surface area contributed by atoms with Crippen LogP contribution in [0.5, 0.6) is 23.3 Å². The summed E-state index contributed by atoms with van der Waals surface area (Å²) in [6.07, 6.45) is 1.63. The number of carbonyl (C=O) groups is 1. The van der Waals surface area contributed by atoms with Crippen molar-refractivity contribution < 1.29 is 19.0 Å². The van der Waals surface area contributed by atoms with Crippen molar-refractivity contribution in [3.63, 3.8) is 0 Å². The van der Waals surface area contributed by atoms with Gasteiger partial charge in [-0.2, -0.15) is 0 Å². The van der Waals surface area contributed by atoms with Crippen molar-refractivity contribution in [1.29, 1.82) is 0 Å². The van der Waals surface area contributed by atoms with Crippen LogP contribution in [0.2, 0.25) is 5.02 Å². The third kappa shape index (κ3) is 5.61. The Balaban J connectivity index is 1.61. The second-order valence-corrected chi connectivity index (χ2v) is 6.49. The number of nitrogens with one attached hydrogen (secondary N) is 1. The number of hydrogen-bond donors (Lipinski definition) is 1. The average molecular weight is 428 g/mol. The zero-order valence-corrected chi connectivity index (χ0v) is 17.5. The summed E-state index contributed by atoms with van der Waals surface area (Å²) in [4.78, 5) is 20.9. The number of para-hydroxylation sites is 2. The molecule has 0 radical (unpaired) electrons. The molecule has 0 bridgehead atoms. The van der Waals surface area contributed by atoms with Crippen LogP contribution in [0.25, 0.3) is 0 Å². The molecule has 1 amide bonds. The van der Waals surface area contributed by atoms with Gasteiger partial charge in [0.1, 0.15) is 0 Å². The Kier molecular flexibility index (Phi) is 7.45. The molecule has 0 fully saturated rings. The molecule has 2 aromatic heterocycles. The van der Waals surface area contributed by atoms with Crippen molar-refractivity contribution in [2.75, 3.05) is 13.2 Å². The van der Waals surface area contributed by atoms with E-state index in [2.05, 4.69) is 15.3 Å². The number of benzene rings is 1. The van der Waals surface area contributed by atoms with Gasteiger partial charge in [-0.05, 0) is 37.6 Å². The number of rotatable bonds is 9. The standard InChI is InChI=1S/C22H22ClN3O4/c1-3-28-17-7-5-6-8-18(17)30-19-11-9-15(13-24-19)14-25-22(27)21-16(23)10-12-20(26-21)29-4-2/h5-13H,3-4,14H2,1-2H3,(H,25,27). The van der Waals surface area contributed by atoms with Crippen LogP contribution in [0, 0.1) is 0 Å². The Morgan fingerprint density at radius 2 is 1.70 bits per heavy atom. The Hall–Kier alpha value is -3.32. The number of hydrogen-bond acceptors (Lipinski definition) is 6. The van der Waals surface area contributed by atoms with Gasteiger partial charge in [-0.15, -0.1) is 0 Å². The van der Waals surface area contributed by atoms with Gasteiger partial charge < -0.3 is 19.5 Å². The molecular formula is C22H22ClN3O4. The molecule has 156 valence electrons. The van der Waals surface area contributed by atoms with E-state index in [1.54, 1.807) is 24.4 Å². The van der Waals surface area contributed by atoms with Gasteiger partial charge in [0.15, 0.2) is 17.2 Å². The summed E-state index contributed by atoms with van der Waals surface area (Å²) in [6, 6.07) is 14.1. The molecule has 0 saturated heterocycles. The van der Waals surface area contributed by atoms with Gasteiger partial charge in [-0.1, -0.05) is 29.8 Å². The van der Waals surface area contributed by atoms with Crippen LogP contribution in [0.4, 0.5) is 0 Å². The van der Waals surface area contributed by atoms with Gasteiger partial charge >= 0.3 is 0 Å². The smallest absolute Gasteiger partial charge is 0.271 e. The van der Waals surface area contributed by atoms with Crippen molar-refractivity contribution in [2.45, 2.75) is 20.4 Å². The molecule has 0 spiro atoms. The van der Waals surface area contributed by atoms with Crippen molar-refractivity contribution in [3.05, 3.63) is 71.0 Å². The summed E-state index contributed by atoms with van der Waals surface area (Å²) < 4.78 is 16.7. The van der Waals surface area contributed by atoms with Gasteiger partial charge in [0, 0.05) is 24.9 Å². The first kappa shape index (κ1) is 21.4. The maximum Gasteiger partial charge on any atom is 0.271 e. The summed E-state index contributed by atoms with van der Waals surface area (Å²) in [5, 5.41) is 3.03. The number of amides is 1. The van der Waals surface area contributed by atoms with Crippen LogP contribution in [0.1, 0.15) is 29.9 Å². The van der Waals surface area contributed by atoms with E-state index in [9.17, 15) is 4.79 Å². The molecule has 0 unspecified atom stereocenters. The van der Waals surface area contributed by atoms with Crippen molar-refractivity contribution in [1.82, 2.24) is 15.3 Å². The van der Waals surface area contributed by atoms with E-state index in [4.69, 9.17) is 25.8 Å². The second kappa shape index (κ2) is 10.5. The molecule has 30 heavy (non-hydrogen) atoms. The number of halogens is 1. The lowest BCUT2D eigenvalue weighted by Crippen LogP contribution is -2.24. The number of ether oxygens (including phenoxy) is 3. The quantitative estimate of drug-likeness (QED) is 0.535. The van der Waals surface area contributed by atoms with Crippen molar-refractivity contribution in [3.8, 4) is 23.3 Å². The first-order valence-electron chi connectivity index (χ1n) is 9.52. The molecule has 0 atom stereocenters. The Bertz CT molecular complexity index is 996. The summed E-state index contributed by atoms with van der Waals surface area (Å²) in [6.45, 7) is 5.00. The predicted octanol–water partition coefficient (Wildman–Crippen LogP) is 4.65. The van der Waals surface area contributed by atoms with E-state index in [1.807, 2.05) is 44.2 Å². The topological polar surface area (TPSA) is 82.6 Å². The van der Waals surface area contributed by atoms with Crippen LogP contribution >= 0.6 is 11.6 Å². The fourth-order valence-electron chi connectivity index (χ4n) is 2.58. The van der Waals surface area contributed by atoms with Crippen LogP contribution in [-0.2, 0) is 6.54 Å². The lowest BCUT2D eigenvalue weighted by molar-refractivity contribution is 0.0945. The second-order valence-electron chi connectivity index (χ2n) is 6.08. The molecule has 0 aliphatic carbocycles. The van der Waals surface area contributed by atoms with Gasteiger partial charge in [-0.3, -0.25) is 4.79 Å². The SMILES string of the molecule is CCOc1ccc(Cl)c(C(=O)NCc2ccc(Oc3ccccc3OCC)nc2)n1. The highest BCUT2D eigenvalue weighted by molar-refractivity contribution is 6.33. The molecular weight excluding hydrogens is 406 g/mol. The first-order chi connectivity index (χ1) is 14.6. The molecule has 7 nitrogen and oxygen atoms in total. The highest BCUT2D eigenvalue weighted by Crippen LogP contribution is 2.30. The van der Waals surface area contributed by atoms with E-state index >= 15 is 0 Å². The molecule has 2 heterocycles. The molecule has 8 heteroatoms. The normalized spacial score (nSPS) is 10.4. The molecule has 3 rings (SSSR count). The maximum absolute atomic E-state index is 12.4. The van der Waals surface area contributed by atoms with Crippen molar-refractivity contribution >= 4 is 17.5 Å². The lowest BCUT2D eigenvalue weighted by atomic mass is 10.2. The summed E-state index contributed by atoms with van der Waals surface area (Å²) in [5.74, 6) is 1.61. The number of pyridine rings is 2. The van der Waals surface area contributed by atoms with Crippen molar-refractivity contribution in [2.24, 2.45) is 0 Å². The summed E-state index contributed by atoms with van der Waals surface area (Å²) in [5.41, 5.74) is 0.911. The van der Waals surface area contributed by atoms with Crippen LogP contribution < -0.4 is 19.5 Å². The molecule has 0 saturated carbocycles. The van der Waals surface area contributed by atoms with Crippen LogP contribution in [0.3, 0.4) is 0 Å². The van der Waals surface area contributed by atoms with Gasteiger partial charge in [0.2, 0.25) is 11.8 Å². The van der Waals surface area contributed by atoms with E-state index in [0.29, 0.717) is 36.5 Å². The summed E-state index contributed by atoms with van der Waals surface area (Å²) in [7, 11) is 0. The minimum Gasteiger partial charge on any atom is -0.490 e. The molecule has 0 aliphatic heterocycles. The Labute approximate surface area is 180 Å². The fourth-order valence-corrected chi connectivity index (χ4v) is 2.77. The third-order valence-electron chi connectivity index (χ3n) is 3.94. The monoisotopic (exact) mass is 427 g/mol. The third-order valence-corrected chi connectivity index (χ3v) is 4.25. The Morgan fingerprint density at radius 1 is 0.967 bits per heavy atom. The highest BCUT2D eigenvalue weighted by atomic mass is 35.5. The molecule has 1 N–H and O–H groups in total. The van der Waals surface area contributed by atoms with Gasteiger partial charge in [0.25, 0.3) is 5.91 Å². The number of carbonyl (C=O) groups excluding carboxylic acids is 1. The minimum absolute atomic E-state index is 0.114. The van der Waals surface area contributed by atoms with Crippen LogP contribution in [-0.4, -0.2) is 29.1 Å². The zero-order chi connectivity index (χ0) is 21.3. The number of nitrogens with zero attached hydrogens (tertiary/aromatic N) is 2. The molecule has 1 aromatic carbocycles. The highest BCUT2D eigenvalue weighted by Gasteiger charge is 2.14. The van der Waals surface area contributed by atoms with Crippen LogP contribution in [0.15, 0.2) is 54.7 Å². The maximum atomic E-state index is 12.4. The van der Waals surface area contributed by atoms with E-state index in [-0.39, 0.29) is 17.3 Å². The average Bonchev–Trinajstić information content (AvgIpc) is 2.76. The molecule has 3 aromatic rings. The van der Waals surface area contributed by atoms with Gasteiger partial charge in [0.05, 0.1) is 18.2 Å². The Morgan fingerprint density at radius 3 is 2.40 bits per heavy atom.